The highest BCUT2D eigenvalue weighted by Gasteiger charge is 2.20. The van der Waals surface area contributed by atoms with E-state index in [2.05, 4.69) is 32.0 Å². The Morgan fingerprint density at radius 3 is 2.71 bits per heavy atom. The minimum atomic E-state index is -0.486. The second-order valence-corrected chi connectivity index (χ2v) is 7.56. The van der Waals surface area contributed by atoms with Crippen LogP contribution in [-0.2, 0) is 4.74 Å². The minimum absolute atomic E-state index is 0.263. The molecule has 1 aliphatic heterocycles. The topological polar surface area (TPSA) is 69.7 Å². The molecule has 2 aliphatic rings. The van der Waals surface area contributed by atoms with Gasteiger partial charge in [-0.25, -0.2) is 9.18 Å². The Bertz CT molecular complexity index is 884. The summed E-state index contributed by atoms with van der Waals surface area (Å²) in [4.78, 5) is 20.9. The van der Waals surface area contributed by atoms with Crippen LogP contribution in [0.15, 0.2) is 66.1 Å². The number of piperazine rings is 1. The molecule has 0 spiro atoms. The lowest BCUT2D eigenvalue weighted by molar-refractivity contribution is 0.0942. The molecule has 1 aromatic rings. The van der Waals surface area contributed by atoms with Crippen LogP contribution in [0.1, 0.15) is 18.5 Å². The third-order valence-electron chi connectivity index (χ3n) is 5.39. The molecule has 1 saturated heterocycles. The number of carbonyl (C=O) groups is 1. The highest BCUT2D eigenvalue weighted by molar-refractivity contribution is 5.90. The summed E-state index contributed by atoms with van der Waals surface area (Å²) in [6, 6.07) is 3.07. The molecule has 0 aromatic carbocycles. The van der Waals surface area contributed by atoms with Crippen molar-refractivity contribution < 1.29 is 13.9 Å². The number of urea groups is 1. The number of hydrogen-bond acceptors (Lipinski definition) is 5. The summed E-state index contributed by atoms with van der Waals surface area (Å²) in [5.74, 6) is 0.314. The summed E-state index contributed by atoms with van der Waals surface area (Å²) >= 11 is 0. The van der Waals surface area contributed by atoms with Gasteiger partial charge in [0.05, 0.1) is 24.7 Å². The first-order chi connectivity index (χ1) is 15.0. The minimum Gasteiger partial charge on any atom is -0.483 e. The SMILES string of the molecule is C=C(OC)N1CCN(CCC2=CC=CCC(NC(=O)Nc3ccc(C)nc3)=C2F)CC1. The number of methoxy groups -OCH3 is 1. The van der Waals surface area contributed by atoms with Crippen LogP contribution in [0, 0.1) is 6.92 Å². The third-order valence-corrected chi connectivity index (χ3v) is 5.39. The second-order valence-electron chi connectivity index (χ2n) is 7.56. The first-order valence-electron chi connectivity index (χ1n) is 10.4. The van der Waals surface area contributed by atoms with E-state index in [1.165, 1.54) is 0 Å². The summed E-state index contributed by atoms with van der Waals surface area (Å²) < 4.78 is 20.3. The predicted molar refractivity (Wildman–Crippen MR) is 120 cm³/mol. The van der Waals surface area contributed by atoms with Gasteiger partial charge in [-0.2, -0.15) is 0 Å². The average Bonchev–Trinajstić information content (AvgIpc) is 2.95. The smallest absolute Gasteiger partial charge is 0.323 e. The molecule has 1 aromatic heterocycles. The number of carbonyl (C=O) groups excluding carboxylic acids is 1. The van der Waals surface area contributed by atoms with Gasteiger partial charge < -0.3 is 20.3 Å². The molecule has 0 saturated carbocycles. The largest absolute Gasteiger partial charge is 0.483 e. The Morgan fingerprint density at radius 1 is 1.26 bits per heavy atom. The van der Waals surface area contributed by atoms with Crippen molar-refractivity contribution >= 4 is 11.7 Å². The first-order valence-corrected chi connectivity index (χ1v) is 10.4. The number of anilines is 1. The Hall–Kier alpha value is -3.13. The van der Waals surface area contributed by atoms with Crippen molar-refractivity contribution in [2.45, 2.75) is 19.8 Å². The zero-order valence-corrected chi connectivity index (χ0v) is 18.2. The van der Waals surface area contributed by atoms with Gasteiger partial charge in [0.2, 0.25) is 0 Å². The number of ether oxygens (including phenoxy) is 1. The number of pyridine rings is 1. The van der Waals surface area contributed by atoms with Gasteiger partial charge in [0.1, 0.15) is 5.83 Å². The van der Waals surface area contributed by atoms with Crippen LogP contribution in [0.5, 0.6) is 0 Å². The molecule has 2 N–H and O–H groups in total. The van der Waals surface area contributed by atoms with Crippen molar-refractivity contribution in [3.8, 4) is 0 Å². The van der Waals surface area contributed by atoms with Crippen molar-refractivity contribution in [3.63, 3.8) is 0 Å². The zero-order chi connectivity index (χ0) is 22.2. The molecule has 0 bridgehead atoms. The van der Waals surface area contributed by atoms with Crippen LogP contribution in [0.4, 0.5) is 14.9 Å². The molecule has 0 unspecified atom stereocenters. The molecule has 7 nitrogen and oxygen atoms in total. The lowest BCUT2D eigenvalue weighted by atomic mass is 10.1. The molecule has 8 heteroatoms. The van der Waals surface area contributed by atoms with Gasteiger partial charge in [0.25, 0.3) is 0 Å². The van der Waals surface area contributed by atoms with Crippen LogP contribution in [-0.4, -0.2) is 60.6 Å². The Kier molecular flexibility index (Phi) is 7.83. The maximum atomic E-state index is 15.2. The third kappa shape index (κ3) is 6.42. The Balaban J connectivity index is 1.54. The van der Waals surface area contributed by atoms with Crippen molar-refractivity contribution in [3.05, 3.63) is 71.8 Å². The molecular formula is C23H30FN5O2. The van der Waals surface area contributed by atoms with E-state index in [1.807, 2.05) is 19.1 Å². The van der Waals surface area contributed by atoms with E-state index in [9.17, 15) is 4.79 Å². The lowest BCUT2D eigenvalue weighted by Gasteiger charge is -2.36. The number of aryl methyl sites for hydroxylation is 1. The second kappa shape index (κ2) is 10.8. The van der Waals surface area contributed by atoms with Crippen LogP contribution in [0.25, 0.3) is 0 Å². The van der Waals surface area contributed by atoms with Gasteiger partial charge in [0.15, 0.2) is 5.88 Å². The zero-order valence-electron chi connectivity index (χ0n) is 18.2. The maximum absolute atomic E-state index is 15.2. The summed E-state index contributed by atoms with van der Waals surface area (Å²) in [7, 11) is 1.62. The molecule has 1 aliphatic carbocycles. The van der Waals surface area contributed by atoms with Crippen molar-refractivity contribution in [2.24, 2.45) is 0 Å². The number of rotatable bonds is 7. The van der Waals surface area contributed by atoms with Crippen molar-refractivity contribution in [1.82, 2.24) is 20.1 Å². The van der Waals surface area contributed by atoms with Crippen molar-refractivity contribution in [2.75, 3.05) is 45.2 Å². The number of aromatic nitrogens is 1. The fraction of sp³-hybridized carbons (Fsp3) is 0.391. The van der Waals surface area contributed by atoms with E-state index in [1.54, 1.807) is 31.5 Å². The van der Waals surface area contributed by atoms with Gasteiger partial charge >= 0.3 is 6.03 Å². The van der Waals surface area contributed by atoms with E-state index in [0.29, 0.717) is 30.0 Å². The summed E-state index contributed by atoms with van der Waals surface area (Å²) in [6.45, 7) is 9.92. The number of halogens is 1. The molecule has 31 heavy (non-hydrogen) atoms. The molecule has 3 rings (SSSR count). The molecular weight excluding hydrogens is 397 g/mol. The van der Waals surface area contributed by atoms with Gasteiger partial charge in [-0.1, -0.05) is 18.2 Å². The number of nitrogens with one attached hydrogen (secondary N) is 2. The van der Waals surface area contributed by atoms with E-state index < -0.39 is 6.03 Å². The molecule has 1 fully saturated rings. The Morgan fingerprint density at radius 2 is 2.03 bits per heavy atom. The predicted octanol–water partition coefficient (Wildman–Crippen LogP) is 3.70. The fourth-order valence-corrected chi connectivity index (χ4v) is 3.50. The summed E-state index contributed by atoms with van der Waals surface area (Å²) in [5, 5.41) is 5.34. The van der Waals surface area contributed by atoms with Crippen molar-refractivity contribution in [1.29, 1.82) is 0 Å². The molecule has 0 radical (unpaired) electrons. The first kappa shape index (κ1) is 22.6. The fourth-order valence-electron chi connectivity index (χ4n) is 3.50. The van der Waals surface area contributed by atoms with Gasteiger partial charge in [-0.15, -0.1) is 0 Å². The Labute approximate surface area is 183 Å². The standard InChI is InChI=1S/C23H30FN5O2/c1-17-8-9-20(16-25-17)26-23(30)27-21-7-5-4-6-19(22(21)24)10-11-28-12-14-29(15-13-28)18(2)31-3/h4-6,8-9,16H,2,7,10-15H2,1,3H3,(H2,26,27,30). The maximum Gasteiger partial charge on any atom is 0.323 e. The van der Waals surface area contributed by atoms with E-state index >= 15 is 4.39 Å². The lowest BCUT2D eigenvalue weighted by Crippen LogP contribution is -2.46. The number of nitrogens with zero attached hydrogens (tertiary/aromatic N) is 3. The van der Waals surface area contributed by atoms with Crippen LogP contribution in [0.3, 0.4) is 0 Å². The number of amides is 2. The average molecular weight is 428 g/mol. The van der Waals surface area contributed by atoms with Gasteiger partial charge in [-0.05, 0) is 37.6 Å². The van der Waals surface area contributed by atoms with E-state index in [4.69, 9.17) is 4.74 Å². The van der Waals surface area contributed by atoms with Gasteiger partial charge in [0, 0.05) is 44.8 Å². The molecule has 2 heterocycles. The normalized spacial score (nSPS) is 17.1. The summed E-state index contributed by atoms with van der Waals surface area (Å²) in [6.07, 6.45) is 7.92. The number of hydrogen-bond donors (Lipinski definition) is 2. The van der Waals surface area contributed by atoms with Crippen LogP contribution in [0.2, 0.25) is 0 Å². The summed E-state index contributed by atoms with van der Waals surface area (Å²) in [5.41, 5.74) is 2.26. The highest BCUT2D eigenvalue weighted by Crippen LogP contribution is 2.24. The number of allylic oxidation sites excluding steroid dienone is 4. The van der Waals surface area contributed by atoms with E-state index in [-0.39, 0.29) is 11.5 Å². The quantitative estimate of drug-likeness (QED) is 0.650. The van der Waals surface area contributed by atoms with Gasteiger partial charge in [-0.3, -0.25) is 9.88 Å². The van der Waals surface area contributed by atoms with E-state index in [0.717, 1.165) is 38.4 Å². The molecule has 0 atom stereocenters. The monoisotopic (exact) mass is 427 g/mol. The highest BCUT2D eigenvalue weighted by atomic mass is 19.1. The molecule has 2 amide bonds. The van der Waals surface area contributed by atoms with Crippen LogP contribution >= 0.6 is 0 Å². The molecule has 166 valence electrons. The van der Waals surface area contributed by atoms with Crippen LogP contribution < -0.4 is 10.6 Å².